The first kappa shape index (κ1) is 18.6. The van der Waals surface area contributed by atoms with Gasteiger partial charge in [-0.1, -0.05) is 13.0 Å². The molecule has 0 aliphatic heterocycles. The second kappa shape index (κ2) is 7.22. The van der Waals surface area contributed by atoms with Crippen molar-refractivity contribution in [3.8, 4) is 0 Å². The molecule has 0 atom stereocenters. The van der Waals surface area contributed by atoms with Gasteiger partial charge >= 0.3 is 6.18 Å². The van der Waals surface area contributed by atoms with Crippen molar-refractivity contribution in [2.24, 2.45) is 0 Å². The lowest BCUT2D eigenvalue weighted by Crippen LogP contribution is -2.29. The highest BCUT2D eigenvalue weighted by Crippen LogP contribution is 2.32. The molecule has 2 aromatic heterocycles. The number of aromatic nitrogens is 4. The molecule has 0 spiro atoms. The maximum Gasteiger partial charge on any atom is 0.418 e. The number of nitrogens with one attached hydrogen (secondary N) is 1. The molecule has 1 amide bonds. The molecule has 0 unspecified atom stereocenters. The van der Waals surface area contributed by atoms with Crippen molar-refractivity contribution >= 4 is 22.6 Å². The van der Waals surface area contributed by atoms with Gasteiger partial charge in [0.2, 0.25) is 5.91 Å². The van der Waals surface area contributed by atoms with E-state index in [9.17, 15) is 22.8 Å². The van der Waals surface area contributed by atoms with Gasteiger partial charge in [0, 0.05) is 12.6 Å². The van der Waals surface area contributed by atoms with Gasteiger partial charge in [-0.05, 0) is 18.6 Å². The summed E-state index contributed by atoms with van der Waals surface area (Å²) in [5, 5.41) is 6.50. The smallest absolute Gasteiger partial charge is 0.309 e. The van der Waals surface area contributed by atoms with Gasteiger partial charge in [0.1, 0.15) is 12.4 Å². The molecule has 0 saturated carbocycles. The second-order valence-corrected chi connectivity index (χ2v) is 5.86. The maximum atomic E-state index is 13.1. The summed E-state index contributed by atoms with van der Waals surface area (Å²) in [4.78, 5) is 28.5. The van der Waals surface area contributed by atoms with E-state index in [1.807, 2.05) is 6.92 Å². The fraction of sp³-hybridized carbons (Fsp3) is 0.294. The fourth-order valence-corrected chi connectivity index (χ4v) is 2.70. The molecule has 1 aromatic carbocycles. The molecule has 0 saturated heterocycles. The van der Waals surface area contributed by atoms with Crippen LogP contribution >= 0.6 is 0 Å². The predicted molar refractivity (Wildman–Crippen MR) is 92.2 cm³/mol. The lowest BCUT2D eigenvalue weighted by molar-refractivity contribution is -0.136. The summed E-state index contributed by atoms with van der Waals surface area (Å²) in [6.45, 7) is 2.19. The Bertz CT molecular complexity index is 1040. The highest BCUT2D eigenvalue weighted by atomic mass is 19.4. The van der Waals surface area contributed by atoms with E-state index in [1.54, 1.807) is 10.7 Å². The molecule has 142 valence electrons. The summed E-state index contributed by atoms with van der Waals surface area (Å²) in [5.74, 6) is -0.0360. The van der Waals surface area contributed by atoms with Crippen molar-refractivity contribution in [3.05, 3.63) is 52.7 Å². The SMILES string of the molecule is CCCn1nccc1NC(=O)Cn1cnc2c(C(F)(F)F)cccc2c1=O. The number of alkyl halides is 3. The number of aryl methyl sites for hydroxylation is 1. The number of nitrogens with zero attached hydrogens (tertiary/aromatic N) is 4. The first-order valence-electron chi connectivity index (χ1n) is 8.18. The molecule has 3 rings (SSSR count). The normalized spacial score (nSPS) is 11.7. The van der Waals surface area contributed by atoms with Crippen LogP contribution in [0.4, 0.5) is 19.0 Å². The number of anilines is 1. The fourth-order valence-electron chi connectivity index (χ4n) is 2.70. The summed E-state index contributed by atoms with van der Waals surface area (Å²) in [6, 6.07) is 4.87. The van der Waals surface area contributed by atoms with Gasteiger partial charge in [-0.25, -0.2) is 9.67 Å². The molecular weight excluding hydrogens is 363 g/mol. The van der Waals surface area contributed by atoms with Gasteiger partial charge in [0.15, 0.2) is 0 Å². The van der Waals surface area contributed by atoms with Gasteiger partial charge in [-0.2, -0.15) is 18.3 Å². The third-order valence-electron chi connectivity index (χ3n) is 3.89. The number of halogens is 3. The van der Waals surface area contributed by atoms with E-state index < -0.39 is 28.7 Å². The summed E-state index contributed by atoms with van der Waals surface area (Å²) < 4.78 is 41.7. The minimum Gasteiger partial charge on any atom is -0.309 e. The van der Waals surface area contributed by atoms with Gasteiger partial charge in [0.25, 0.3) is 5.56 Å². The van der Waals surface area contributed by atoms with E-state index in [4.69, 9.17) is 0 Å². The number of para-hydroxylation sites is 1. The van der Waals surface area contributed by atoms with Gasteiger partial charge in [0.05, 0.1) is 29.0 Å². The Morgan fingerprint density at radius 3 is 2.74 bits per heavy atom. The molecule has 7 nitrogen and oxygen atoms in total. The Morgan fingerprint density at radius 1 is 1.26 bits per heavy atom. The molecule has 1 N–H and O–H groups in total. The Kier molecular flexibility index (Phi) is 4.98. The van der Waals surface area contributed by atoms with E-state index in [0.717, 1.165) is 29.4 Å². The van der Waals surface area contributed by atoms with E-state index >= 15 is 0 Å². The lowest BCUT2D eigenvalue weighted by Gasteiger charge is -2.12. The van der Waals surface area contributed by atoms with Crippen LogP contribution in [0.3, 0.4) is 0 Å². The zero-order valence-corrected chi connectivity index (χ0v) is 14.3. The number of benzene rings is 1. The summed E-state index contributed by atoms with van der Waals surface area (Å²) in [6.07, 6.45) is -1.32. The number of carbonyl (C=O) groups excluding carboxylic acids is 1. The third-order valence-corrected chi connectivity index (χ3v) is 3.89. The van der Waals surface area contributed by atoms with Crippen LogP contribution in [0.2, 0.25) is 0 Å². The highest BCUT2D eigenvalue weighted by Gasteiger charge is 2.33. The van der Waals surface area contributed by atoms with Gasteiger partial charge in [-0.15, -0.1) is 0 Å². The quantitative estimate of drug-likeness (QED) is 0.739. The molecule has 0 radical (unpaired) electrons. The molecular formula is C17H16F3N5O2. The molecule has 0 aliphatic rings. The van der Waals surface area contributed by atoms with Crippen molar-refractivity contribution < 1.29 is 18.0 Å². The summed E-state index contributed by atoms with van der Waals surface area (Å²) in [7, 11) is 0. The van der Waals surface area contributed by atoms with E-state index in [-0.39, 0.29) is 11.9 Å². The van der Waals surface area contributed by atoms with Crippen molar-refractivity contribution in [1.29, 1.82) is 0 Å². The van der Waals surface area contributed by atoms with E-state index in [1.165, 1.54) is 12.3 Å². The Labute approximate surface area is 151 Å². The first-order chi connectivity index (χ1) is 12.8. The van der Waals surface area contributed by atoms with Crippen LogP contribution in [0, 0.1) is 0 Å². The van der Waals surface area contributed by atoms with Crippen LogP contribution < -0.4 is 10.9 Å². The van der Waals surface area contributed by atoms with Crippen LogP contribution in [0.15, 0.2) is 41.6 Å². The second-order valence-electron chi connectivity index (χ2n) is 5.86. The molecule has 27 heavy (non-hydrogen) atoms. The molecule has 10 heteroatoms. The Balaban J connectivity index is 1.87. The minimum absolute atomic E-state index is 0.198. The van der Waals surface area contributed by atoms with Crippen LogP contribution in [0.1, 0.15) is 18.9 Å². The molecule has 0 aliphatic carbocycles. The van der Waals surface area contributed by atoms with Crippen LogP contribution in [0.25, 0.3) is 10.9 Å². The topological polar surface area (TPSA) is 81.8 Å². The number of carbonyl (C=O) groups is 1. The van der Waals surface area contributed by atoms with Crippen molar-refractivity contribution in [3.63, 3.8) is 0 Å². The van der Waals surface area contributed by atoms with Gasteiger partial charge in [-0.3, -0.25) is 14.2 Å². The average Bonchev–Trinajstić information content (AvgIpc) is 3.03. The standard InChI is InChI=1S/C17H16F3N5O2/c1-2-8-25-13(6-7-22-25)23-14(26)9-24-10-21-15-11(16(24)27)4-3-5-12(15)17(18,19)20/h3-7,10H,2,8-9H2,1H3,(H,23,26). The largest absolute Gasteiger partial charge is 0.418 e. The summed E-state index contributed by atoms with van der Waals surface area (Å²) in [5.41, 5.74) is -2.15. The van der Waals surface area contributed by atoms with Crippen molar-refractivity contribution in [2.75, 3.05) is 5.32 Å². The van der Waals surface area contributed by atoms with Crippen molar-refractivity contribution in [1.82, 2.24) is 19.3 Å². The highest BCUT2D eigenvalue weighted by molar-refractivity contribution is 5.90. The predicted octanol–water partition coefficient (Wildman–Crippen LogP) is 2.66. The number of hydrogen-bond donors (Lipinski definition) is 1. The third kappa shape index (κ3) is 3.83. The minimum atomic E-state index is -4.62. The summed E-state index contributed by atoms with van der Waals surface area (Å²) >= 11 is 0. The van der Waals surface area contributed by atoms with E-state index in [0.29, 0.717) is 12.4 Å². The maximum absolute atomic E-state index is 13.1. The Hall–Kier alpha value is -3.17. The number of amides is 1. The van der Waals surface area contributed by atoms with Crippen LogP contribution in [-0.4, -0.2) is 25.2 Å². The van der Waals surface area contributed by atoms with Crippen molar-refractivity contribution in [2.45, 2.75) is 32.6 Å². The molecule has 0 fully saturated rings. The number of fused-ring (bicyclic) bond motifs is 1. The number of rotatable bonds is 5. The van der Waals surface area contributed by atoms with Gasteiger partial charge < -0.3 is 5.32 Å². The molecule has 3 aromatic rings. The monoisotopic (exact) mass is 379 g/mol. The Morgan fingerprint density at radius 2 is 2.04 bits per heavy atom. The zero-order chi connectivity index (χ0) is 19.6. The number of hydrogen-bond acceptors (Lipinski definition) is 4. The average molecular weight is 379 g/mol. The zero-order valence-electron chi connectivity index (χ0n) is 14.3. The molecule has 0 bridgehead atoms. The molecule has 2 heterocycles. The van der Waals surface area contributed by atoms with E-state index in [2.05, 4.69) is 15.4 Å². The van der Waals surface area contributed by atoms with Crippen LogP contribution in [-0.2, 0) is 24.1 Å². The first-order valence-corrected chi connectivity index (χ1v) is 8.18. The lowest BCUT2D eigenvalue weighted by atomic mass is 10.1. The van der Waals surface area contributed by atoms with Crippen LogP contribution in [0.5, 0.6) is 0 Å².